The van der Waals surface area contributed by atoms with Gasteiger partial charge in [-0.2, -0.15) is 0 Å². The molecule has 0 aliphatic rings. The van der Waals surface area contributed by atoms with Crippen LogP contribution >= 0.6 is 0 Å². The first-order valence-corrected chi connectivity index (χ1v) is 5.16. The molecule has 1 rings (SSSR count). The van der Waals surface area contributed by atoms with E-state index in [1.165, 1.54) is 12.7 Å². The molecule has 0 radical (unpaired) electrons. The maximum absolute atomic E-state index is 11.5. The van der Waals surface area contributed by atoms with Crippen molar-refractivity contribution in [3.8, 4) is 0 Å². The third kappa shape index (κ3) is 4.64. The highest BCUT2D eigenvalue weighted by Gasteiger charge is 2.20. The number of amides is 2. The van der Waals surface area contributed by atoms with Gasteiger partial charge >= 0.3 is 5.97 Å². The minimum absolute atomic E-state index is 0.0464. The first-order chi connectivity index (χ1) is 8.49. The molecular formula is C10H13N3O5. The van der Waals surface area contributed by atoms with Gasteiger partial charge in [0.2, 0.25) is 11.8 Å². The Labute approximate surface area is 102 Å². The van der Waals surface area contributed by atoms with Crippen LogP contribution < -0.4 is 11.1 Å². The lowest BCUT2D eigenvalue weighted by Crippen LogP contribution is -2.42. The number of nitrogens with zero attached hydrogens (tertiary/aromatic N) is 1. The van der Waals surface area contributed by atoms with E-state index in [0.29, 0.717) is 5.69 Å². The predicted octanol–water partition coefficient (Wildman–Crippen LogP) is -0.948. The van der Waals surface area contributed by atoms with Gasteiger partial charge in [0.15, 0.2) is 6.39 Å². The fourth-order valence-corrected chi connectivity index (χ4v) is 1.28. The van der Waals surface area contributed by atoms with Crippen LogP contribution in [0, 0.1) is 0 Å². The average molecular weight is 255 g/mol. The van der Waals surface area contributed by atoms with Crippen molar-refractivity contribution in [2.45, 2.75) is 25.3 Å². The number of aliphatic carboxylic acids is 1. The number of oxazole rings is 1. The molecule has 8 nitrogen and oxygen atoms in total. The molecule has 4 N–H and O–H groups in total. The molecule has 18 heavy (non-hydrogen) atoms. The van der Waals surface area contributed by atoms with Crippen molar-refractivity contribution in [3.05, 3.63) is 18.4 Å². The fraction of sp³-hybridized carbons (Fsp3) is 0.400. The summed E-state index contributed by atoms with van der Waals surface area (Å²) in [7, 11) is 0. The molecule has 0 saturated heterocycles. The highest BCUT2D eigenvalue weighted by Crippen LogP contribution is 2.00. The monoisotopic (exact) mass is 255 g/mol. The third-order valence-corrected chi connectivity index (χ3v) is 2.14. The molecule has 0 saturated carbocycles. The van der Waals surface area contributed by atoms with E-state index in [-0.39, 0.29) is 19.3 Å². The largest absolute Gasteiger partial charge is 0.480 e. The fourth-order valence-electron chi connectivity index (χ4n) is 1.28. The van der Waals surface area contributed by atoms with Gasteiger partial charge in [-0.3, -0.25) is 9.59 Å². The molecule has 0 fully saturated rings. The topological polar surface area (TPSA) is 136 Å². The minimum Gasteiger partial charge on any atom is -0.480 e. The van der Waals surface area contributed by atoms with Crippen LogP contribution in [0.3, 0.4) is 0 Å². The van der Waals surface area contributed by atoms with Gasteiger partial charge in [0, 0.05) is 6.42 Å². The average Bonchev–Trinajstić information content (AvgIpc) is 2.76. The Bertz CT molecular complexity index is 429. The molecule has 2 amide bonds. The van der Waals surface area contributed by atoms with Crippen molar-refractivity contribution in [3.63, 3.8) is 0 Å². The number of nitrogens with two attached hydrogens (primary N) is 1. The summed E-state index contributed by atoms with van der Waals surface area (Å²) in [6.45, 7) is 0. The molecular weight excluding hydrogens is 242 g/mol. The van der Waals surface area contributed by atoms with Gasteiger partial charge in [-0.15, -0.1) is 0 Å². The summed E-state index contributed by atoms with van der Waals surface area (Å²) < 4.78 is 4.68. The summed E-state index contributed by atoms with van der Waals surface area (Å²) in [5.74, 6) is -2.35. The molecule has 0 aliphatic heterocycles. The Morgan fingerprint density at radius 1 is 1.50 bits per heavy atom. The summed E-state index contributed by atoms with van der Waals surface area (Å²) in [5.41, 5.74) is 5.31. The summed E-state index contributed by atoms with van der Waals surface area (Å²) in [6, 6.07) is -1.14. The maximum atomic E-state index is 11.5. The van der Waals surface area contributed by atoms with E-state index < -0.39 is 23.8 Å². The second kappa shape index (κ2) is 6.38. The lowest BCUT2D eigenvalue weighted by molar-refractivity contribution is -0.142. The second-order valence-electron chi connectivity index (χ2n) is 3.62. The maximum Gasteiger partial charge on any atom is 0.326 e. The Kier molecular flexibility index (Phi) is 4.85. The Morgan fingerprint density at radius 2 is 2.22 bits per heavy atom. The lowest BCUT2D eigenvalue weighted by atomic mass is 10.1. The summed E-state index contributed by atoms with van der Waals surface area (Å²) >= 11 is 0. The summed E-state index contributed by atoms with van der Waals surface area (Å²) in [6.07, 6.45) is 2.22. The van der Waals surface area contributed by atoms with Crippen molar-refractivity contribution in [1.82, 2.24) is 10.3 Å². The zero-order chi connectivity index (χ0) is 13.5. The first kappa shape index (κ1) is 13.7. The number of primary amides is 1. The van der Waals surface area contributed by atoms with Crippen molar-refractivity contribution < 1.29 is 23.9 Å². The van der Waals surface area contributed by atoms with Crippen molar-refractivity contribution in [2.24, 2.45) is 5.73 Å². The van der Waals surface area contributed by atoms with Crippen LogP contribution in [0.4, 0.5) is 0 Å². The Balaban J connectivity index is 2.47. The van der Waals surface area contributed by atoms with Gasteiger partial charge in [0.1, 0.15) is 12.3 Å². The molecule has 0 bridgehead atoms. The van der Waals surface area contributed by atoms with E-state index in [1.54, 1.807) is 0 Å². The number of hydrogen-bond donors (Lipinski definition) is 3. The van der Waals surface area contributed by atoms with Crippen LogP contribution in [0.2, 0.25) is 0 Å². The molecule has 1 heterocycles. The van der Waals surface area contributed by atoms with Gasteiger partial charge < -0.3 is 20.6 Å². The van der Waals surface area contributed by atoms with Crippen LogP contribution in [0.15, 0.2) is 17.1 Å². The van der Waals surface area contributed by atoms with Crippen molar-refractivity contribution in [2.75, 3.05) is 0 Å². The standard InChI is InChI=1S/C10H13N3O5/c11-8(14)2-1-7(10(16)17)13-9(15)3-6-4-18-5-12-6/h4-5,7H,1-3H2,(H2,11,14)(H,13,15)(H,16,17)/t7-/m0/s1. The minimum atomic E-state index is -1.22. The van der Waals surface area contributed by atoms with Crippen LogP contribution in [0.5, 0.6) is 0 Å². The molecule has 0 aromatic carbocycles. The second-order valence-corrected chi connectivity index (χ2v) is 3.62. The van der Waals surface area contributed by atoms with Gasteiger partial charge in [-0.25, -0.2) is 9.78 Å². The van der Waals surface area contributed by atoms with Gasteiger partial charge in [0.05, 0.1) is 12.1 Å². The first-order valence-electron chi connectivity index (χ1n) is 5.16. The van der Waals surface area contributed by atoms with E-state index in [2.05, 4.69) is 14.7 Å². The highest BCUT2D eigenvalue weighted by molar-refractivity contribution is 5.85. The Hall–Kier alpha value is -2.38. The third-order valence-electron chi connectivity index (χ3n) is 2.14. The van der Waals surface area contributed by atoms with Crippen LogP contribution in [0.1, 0.15) is 18.5 Å². The van der Waals surface area contributed by atoms with Gasteiger partial charge in [-0.05, 0) is 6.42 Å². The summed E-state index contributed by atoms with van der Waals surface area (Å²) in [4.78, 5) is 36.6. The smallest absolute Gasteiger partial charge is 0.326 e. The molecule has 1 aromatic rings. The SMILES string of the molecule is NC(=O)CC[C@H](NC(=O)Cc1cocn1)C(=O)O. The molecule has 0 aliphatic carbocycles. The highest BCUT2D eigenvalue weighted by atomic mass is 16.4. The number of nitrogens with one attached hydrogen (secondary N) is 1. The van der Waals surface area contributed by atoms with E-state index in [0.717, 1.165) is 0 Å². The normalized spacial score (nSPS) is 11.8. The van der Waals surface area contributed by atoms with Gasteiger partial charge in [0.25, 0.3) is 0 Å². The van der Waals surface area contributed by atoms with E-state index in [9.17, 15) is 14.4 Å². The molecule has 1 atom stereocenters. The number of carboxylic acids is 1. The van der Waals surface area contributed by atoms with E-state index >= 15 is 0 Å². The summed E-state index contributed by atoms with van der Waals surface area (Å²) in [5, 5.41) is 11.1. The zero-order valence-electron chi connectivity index (χ0n) is 9.46. The van der Waals surface area contributed by atoms with E-state index in [4.69, 9.17) is 10.8 Å². The molecule has 0 unspecified atom stereocenters. The zero-order valence-corrected chi connectivity index (χ0v) is 9.46. The number of carbonyl (C=O) groups is 3. The Morgan fingerprint density at radius 3 is 2.72 bits per heavy atom. The van der Waals surface area contributed by atoms with E-state index in [1.807, 2.05) is 0 Å². The van der Waals surface area contributed by atoms with Crippen LogP contribution in [-0.2, 0) is 20.8 Å². The quantitative estimate of drug-likeness (QED) is 0.574. The number of hydrogen-bond acceptors (Lipinski definition) is 5. The van der Waals surface area contributed by atoms with Gasteiger partial charge in [-0.1, -0.05) is 0 Å². The molecule has 8 heteroatoms. The molecule has 0 spiro atoms. The lowest BCUT2D eigenvalue weighted by Gasteiger charge is -2.12. The molecule has 98 valence electrons. The van der Waals surface area contributed by atoms with Crippen LogP contribution in [0.25, 0.3) is 0 Å². The molecule has 1 aromatic heterocycles. The predicted molar refractivity (Wildman–Crippen MR) is 58.2 cm³/mol. The van der Waals surface area contributed by atoms with Crippen molar-refractivity contribution in [1.29, 1.82) is 0 Å². The number of carbonyl (C=O) groups excluding carboxylic acids is 2. The van der Waals surface area contributed by atoms with Crippen molar-refractivity contribution >= 4 is 17.8 Å². The number of rotatable bonds is 7. The van der Waals surface area contributed by atoms with Crippen LogP contribution in [-0.4, -0.2) is 33.9 Å². The number of carboxylic acid groups (broad SMARTS) is 1. The number of aromatic nitrogens is 1.